The van der Waals surface area contributed by atoms with Gasteiger partial charge in [0.25, 0.3) is 0 Å². The van der Waals surface area contributed by atoms with E-state index in [1.165, 1.54) is 16.6 Å². The molecule has 1 aromatic heterocycles. The van der Waals surface area contributed by atoms with Crippen molar-refractivity contribution < 1.29 is 0 Å². The van der Waals surface area contributed by atoms with Crippen molar-refractivity contribution in [3.05, 3.63) is 30.0 Å². The highest BCUT2D eigenvalue weighted by molar-refractivity contribution is 5.82. The SMILES string of the molecule is CCn1nc(CC(NC)C(C)(C)CC)c2ccccc21. The summed E-state index contributed by atoms with van der Waals surface area (Å²) in [5, 5.41) is 9.60. The van der Waals surface area contributed by atoms with Crippen LogP contribution in [0.2, 0.25) is 0 Å². The van der Waals surface area contributed by atoms with Crippen molar-refractivity contribution >= 4 is 10.9 Å². The van der Waals surface area contributed by atoms with Crippen LogP contribution in [0.15, 0.2) is 24.3 Å². The first-order chi connectivity index (χ1) is 9.53. The molecule has 0 amide bonds. The summed E-state index contributed by atoms with van der Waals surface area (Å²) in [7, 11) is 2.06. The number of hydrogen-bond donors (Lipinski definition) is 1. The molecule has 0 aliphatic rings. The molecular formula is C17H27N3. The van der Waals surface area contributed by atoms with Gasteiger partial charge in [0, 0.05) is 24.4 Å². The summed E-state index contributed by atoms with van der Waals surface area (Å²) in [6.07, 6.45) is 2.13. The fourth-order valence-electron chi connectivity index (χ4n) is 2.80. The molecule has 1 atom stereocenters. The minimum atomic E-state index is 0.270. The molecule has 1 N–H and O–H groups in total. The van der Waals surface area contributed by atoms with Gasteiger partial charge < -0.3 is 5.32 Å². The zero-order valence-corrected chi connectivity index (χ0v) is 13.4. The number of fused-ring (bicyclic) bond motifs is 1. The lowest BCUT2D eigenvalue weighted by Crippen LogP contribution is -2.41. The lowest BCUT2D eigenvalue weighted by atomic mass is 9.79. The first kappa shape index (κ1) is 15.0. The Balaban J connectivity index is 2.38. The van der Waals surface area contributed by atoms with E-state index >= 15 is 0 Å². The van der Waals surface area contributed by atoms with Gasteiger partial charge in [-0.2, -0.15) is 5.10 Å². The van der Waals surface area contributed by atoms with Gasteiger partial charge in [0.1, 0.15) is 0 Å². The molecule has 3 nitrogen and oxygen atoms in total. The molecule has 2 aromatic rings. The van der Waals surface area contributed by atoms with E-state index in [1.54, 1.807) is 0 Å². The third-order valence-electron chi connectivity index (χ3n) is 4.63. The predicted octanol–water partition coefficient (Wildman–Crippen LogP) is 3.62. The van der Waals surface area contributed by atoms with Crippen LogP contribution < -0.4 is 5.32 Å². The maximum absolute atomic E-state index is 4.82. The van der Waals surface area contributed by atoms with Gasteiger partial charge in [-0.25, -0.2) is 0 Å². The van der Waals surface area contributed by atoms with Crippen LogP contribution in [-0.4, -0.2) is 22.9 Å². The Kier molecular flexibility index (Phi) is 4.48. The van der Waals surface area contributed by atoms with E-state index in [4.69, 9.17) is 5.10 Å². The molecule has 0 saturated carbocycles. The summed E-state index contributed by atoms with van der Waals surface area (Å²) in [6, 6.07) is 8.99. The van der Waals surface area contributed by atoms with Crippen LogP contribution in [0.3, 0.4) is 0 Å². The van der Waals surface area contributed by atoms with Crippen LogP contribution in [-0.2, 0) is 13.0 Å². The van der Waals surface area contributed by atoms with Crippen molar-refractivity contribution in [1.82, 2.24) is 15.1 Å². The molecule has 1 unspecified atom stereocenters. The molecule has 0 radical (unpaired) electrons. The highest BCUT2D eigenvalue weighted by Crippen LogP contribution is 2.29. The molecule has 20 heavy (non-hydrogen) atoms. The van der Waals surface area contributed by atoms with Crippen molar-refractivity contribution in [3.63, 3.8) is 0 Å². The van der Waals surface area contributed by atoms with E-state index in [-0.39, 0.29) is 5.41 Å². The quantitative estimate of drug-likeness (QED) is 0.871. The summed E-state index contributed by atoms with van der Waals surface area (Å²) >= 11 is 0. The number of para-hydroxylation sites is 1. The van der Waals surface area contributed by atoms with Crippen molar-refractivity contribution in [1.29, 1.82) is 0 Å². The zero-order valence-electron chi connectivity index (χ0n) is 13.4. The Hall–Kier alpha value is -1.35. The molecule has 0 aliphatic heterocycles. The molecule has 0 spiro atoms. The lowest BCUT2D eigenvalue weighted by Gasteiger charge is -2.33. The first-order valence-corrected chi connectivity index (χ1v) is 7.65. The van der Waals surface area contributed by atoms with Gasteiger partial charge in [-0.1, -0.05) is 39.0 Å². The summed E-state index contributed by atoms with van der Waals surface area (Å²) in [4.78, 5) is 0. The van der Waals surface area contributed by atoms with E-state index in [0.29, 0.717) is 6.04 Å². The monoisotopic (exact) mass is 273 g/mol. The number of hydrogen-bond acceptors (Lipinski definition) is 2. The highest BCUT2D eigenvalue weighted by atomic mass is 15.3. The van der Waals surface area contributed by atoms with Crippen molar-refractivity contribution in [2.45, 2.75) is 53.1 Å². The average Bonchev–Trinajstić information content (AvgIpc) is 2.82. The molecule has 110 valence electrons. The summed E-state index contributed by atoms with van der Waals surface area (Å²) in [5.74, 6) is 0. The van der Waals surface area contributed by atoms with Gasteiger partial charge in [0.15, 0.2) is 0 Å². The summed E-state index contributed by atoms with van der Waals surface area (Å²) in [5.41, 5.74) is 2.73. The average molecular weight is 273 g/mol. The molecular weight excluding hydrogens is 246 g/mol. The predicted molar refractivity (Wildman–Crippen MR) is 86.0 cm³/mol. The van der Waals surface area contributed by atoms with Crippen LogP contribution in [0.5, 0.6) is 0 Å². The van der Waals surface area contributed by atoms with Gasteiger partial charge in [-0.15, -0.1) is 0 Å². The number of nitrogens with one attached hydrogen (secondary N) is 1. The van der Waals surface area contributed by atoms with Crippen molar-refractivity contribution in [2.24, 2.45) is 5.41 Å². The third kappa shape index (κ3) is 2.73. The normalized spacial score (nSPS) is 13.8. The number of likely N-dealkylation sites (N-methyl/N-ethyl adjacent to an activating group) is 1. The van der Waals surface area contributed by atoms with E-state index in [1.807, 2.05) is 0 Å². The smallest absolute Gasteiger partial charge is 0.0719 e. The van der Waals surface area contributed by atoms with Crippen LogP contribution in [0, 0.1) is 5.41 Å². The molecule has 1 aromatic carbocycles. The number of benzene rings is 1. The summed E-state index contributed by atoms with van der Waals surface area (Å²) in [6.45, 7) is 9.98. The minimum absolute atomic E-state index is 0.270. The van der Waals surface area contributed by atoms with Crippen LogP contribution in [0.4, 0.5) is 0 Å². The number of aromatic nitrogens is 2. The standard InChI is InChI=1S/C17H27N3/c1-6-17(3,4)16(18-5)12-14-13-10-8-9-11-15(13)20(7-2)19-14/h8-11,16,18H,6-7,12H2,1-5H3. The number of rotatable bonds is 6. The number of aryl methyl sites for hydroxylation is 1. The molecule has 3 heteroatoms. The Labute approximate surface area is 122 Å². The Bertz CT molecular complexity index is 569. The third-order valence-corrected chi connectivity index (χ3v) is 4.63. The molecule has 1 heterocycles. The molecule has 0 bridgehead atoms. The number of nitrogens with zero attached hydrogens (tertiary/aromatic N) is 2. The fraction of sp³-hybridized carbons (Fsp3) is 0.588. The Morgan fingerprint density at radius 3 is 2.55 bits per heavy atom. The van der Waals surface area contributed by atoms with Gasteiger partial charge in [-0.3, -0.25) is 4.68 Å². The summed E-state index contributed by atoms with van der Waals surface area (Å²) < 4.78 is 2.11. The van der Waals surface area contributed by atoms with Crippen LogP contribution in [0.25, 0.3) is 10.9 Å². The zero-order chi connectivity index (χ0) is 14.8. The van der Waals surface area contributed by atoms with E-state index in [0.717, 1.165) is 19.4 Å². The van der Waals surface area contributed by atoms with Gasteiger partial charge >= 0.3 is 0 Å². The van der Waals surface area contributed by atoms with Gasteiger partial charge in [-0.05, 0) is 31.9 Å². The van der Waals surface area contributed by atoms with Gasteiger partial charge in [0.2, 0.25) is 0 Å². The Morgan fingerprint density at radius 1 is 1.25 bits per heavy atom. The molecule has 0 fully saturated rings. The van der Waals surface area contributed by atoms with Crippen LogP contribution >= 0.6 is 0 Å². The highest BCUT2D eigenvalue weighted by Gasteiger charge is 2.28. The second-order valence-corrected chi connectivity index (χ2v) is 6.17. The topological polar surface area (TPSA) is 29.9 Å². The second kappa shape index (κ2) is 5.96. The Morgan fingerprint density at radius 2 is 1.95 bits per heavy atom. The van der Waals surface area contributed by atoms with E-state index in [9.17, 15) is 0 Å². The minimum Gasteiger partial charge on any atom is -0.316 e. The fourth-order valence-corrected chi connectivity index (χ4v) is 2.80. The van der Waals surface area contributed by atoms with Crippen molar-refractivity contribution in [3.8, 4) is 0 Å². The second-order valence-electron chi connectivity index (χ2n) is 6.17. The first-order valence-electron chi connectivity index (χ1n) is 7.65. The largest absolute Gasteiger partial charge is 0.316 e. The van der Waals surface area contributed by atoms with Crippen molar-refractivity contribution in [2.75, 3.05) is 7.05 Å². The molecule has 0 aliphatic carbocycles. The maximum Gasteiger partial charge on any atom is 0.0719 e. The van der Waals surface area contributed by atoms with Crippen LogP contribution in [0.1, 0.15) is 39.8 Å². The molecule has 2 rings (SSSR count). The van der Waals surface area contributed by atoms with E-state index in [2.05, 4.69) is 69.0 Å². The maximum atomic E-state index is 4.82. The van der Waals surface area contributed by atoms with E-state index < -0.39 is 0 Å². The molecule has 0 saturated heterocycles. The van der Waals surface area contributed by atoms with Gasteiger partial charge in [0.05, 0.1) is 11.2 Å². The lowest BCUT2D eigenvalue weighted by molar-refractivity contribution is 0.239.